The minimum Gasteiger partial charge on any atom is -0.444 e. The molecule has 182 valence electrons. The van der Waals surface area contributed by atoms with Crippen LogP contribution in [0.1, 0.15) is 57.4 Å². The third-order valence-corrected chi connectivity index (χ3v) is 6.34. The third kappa shape index (κ3) is 4.40. The van der Waals surface area contributed by atoms with Crippen molar-refractivity contribution in [2.24, 2.45) is 0 Å². The van der Waals surface area contributed by atoms with Crippen LogP contribution < -0.4 is 0 Å². The number of fused-ring (bicyclic) bond motifs is 2. The van der Waals surface area contributed by atoms with Crippen LogP contribution in [0.15, 0.2) is 41.1 Å². The Morgan fingerprint density at radius 2 is 1.97 bits per heavy atom. The first kappa shape index (κ1) is 23.1. The number of rotatable bonds is 3. The van der Waals surface area contributed by atoms with E-state index in [0.717, 1.165) is 39.6 Å². The minimum absolute atomic E-state index is 0.274. The van der Waals surface area contributed by atoms with Crippen LogP contribution in [0.25, 0.3) is 33.7 Å². The van der Waals surface area contributed by atoms with Gasteiger partial charge in [0.05, 0.1) is 11.7 Å². The van der Waals surface area contributed by atoms with E-state index in [1.807, 2.05) is 55.9 Å². The van der Waals surface area contributed by atoms with Gasteiger partial charge in [-0.1, -0.05) is 17.3 Å². The van der Waals surface area contributed by atoms with Gasteiger partial charge < -0.3 is 14.2 Å². The molecule has 0 N–H and O–H groups in total. The van der Waals surface area contributed by atoms with E-state index in [0.29, 0.717) is 24.8 Å². The fourth-order valence-electron chi connectivity index (χ4n) is 4.61. The summed E-state index contributed by atoms with van der Waals surface area (Å²) in [6.45, 7) is 13.1. The highest BCUT2D eigenvalue weighted by molar-refractivity contribution is 5.83. The smallest absolute Gasteiger partial charge is 0.410 e. The van der Waals surface area contributed by atoms with Gasteiger partial charge >= 0.3 is 6.09 Å². The summed E-state index contributed by atoms with van der Waals surface area (Å²) in [5.74, 6) is 1.04. The van der Waals surface area contributed by atoms with E-state index in [9.17, 15) is 4.79 Å². The molecule has 1 amide bonds. The summed E-state index contributed by atoms with van der Waals surface area (Å²) in [4.78, 5) is 19.0. The molecule has 4 aromatic rings. The van der Waals surface area contributed by atoms with Gasteiger partial charge in [-0.15, -0.1) is 0 Å². The van der Waals surface area contributed by atoms with Gasteiger partial charge in [0.25, 0.3) is 5.89 Å². The van der Waals surface area contributed by atoms with Crippen molar-refractivity contribution in [1.29, 1.82) is 0 Å². The van der Waals surface area contributed by atoms with E-state index < -0.39 is 5.60 Å². The Kier molecular flexibility index (Phi) is 5.62. The van der Waals surface area contributed by atoms with Crippen LogP contribution in [-0.2, 0) is 17.7 Å². The molecule has 0 saturated heterocycles. The second kappa shape index (κ2) is 8.52. The zero-order chi connectivity index (χ0) is 24.9. The van der Waals surface area contributed by atoms with E-state index in [-0.39, 0.29) is 12.1 Å². The van der Waals surface area contributed by atoms with Gasteiger partial charge in [-0.05, 0) is 82.9 Å². The Morgan fingerprint density at radius 1 is 1.17 bits per heavy atom. The Morgan fingerprint density at radius 3 is 2.71 bits per heavy atom. The number of hydrogen-bond acceptors (Lipinski definition) is 6. The van der Waals surface area contributed by atoms with E-state index in [4.69, 9.17) is 14.2 Å². The van der Waals surface area contributed by atoms with Crippen molar-refractivity contribution < 1.29 is 14.1 Å². The normalized spacial score (nSPS) is 14.0. The minimum atomic E-state index is -0.507. The maximum Gasteiger partial charge on any atom is 0.410 e. The Labute approximate surface area is 204 Å². The van der Waals surface area contributed by atoms with Crippen molar-refractivity contribution in [2.45, 2.75) is 66.2 Å². The first-order chi connectivity index (χ1) is 16.6. The Hall–Kier alpha value is -3.68. The van der Waals surface area contributed by atoms with Crippen molar-refractivity contribution in [1.82, 2.24) is 24.8 Å². The molecule has 0 unspecified atom stereocenters. The summed E-state index contributed by atoms with van der Waals surface area (Å²) >= 11 is 0. The molecule has 2 aromatic heterocycles. The van der Waals surface area contributed by atoms with Gasteiger partial charge in [0, 0.05) is 35.6 Å². The van der Waals surface area contributed by atoms with Crippen molar-refractivity contribution in [3.05, 3.63) is 53.2 Å². The largest absolute Gasteiger partial charge is 0.444 e. The van der Waals surface area contributed by atoms with Crippen LogP contribution in [0.3, 0.4) is 0 Å². The van der Waals surface area contributed by atoms with Crippen LogP contribution in [-0.4, -0.2) is 43.1 Å². The molecule has 2 aromatic carbocycles. The van der Waals surface area contributed by atoms with Crippen LogP contribution in [0.5, 0.6) is 0 Å². The lowest BCUT2D eigenvalue weighted by Crippen LogP contribution is -2.40. The summed E-state index contributed by atoms with van der Waals surface area (Å²) in [6, 6.07) is 10.4. The fraction of sp³-hybridized carbons (Fsp3) is 0.407. The number of nitrogens with zero attached hydrogens (tertiary/aromatic N) is 5. The highest BCUT2D eigenvalue weighted by Gasteiger charge is 2.27. The van der Waals surface area contributed by atoms with Crippen LogP contribution in [0, 0.1) is 6.92 Å². The van der Waals surface area contributed by atoms with Crippen LogP contribution >= 0.6 is 0 Å². The molecule has 0 radical (unpaired) electrons. The quantitative estimate of drug-likeness (QED) is 0.366. The molecule has 0 bridgehead atoms. The zero-order valence-corrected chi connectivity index (χ0v) is 21.1. The molecule has 0 spiro atoms. The molecule has 5 rings (SSSR count). The average molecular weight is 474 g/mol. The average Bonchev–Trinajstić information content (AvgIpc) is 3.45. The zero-order valence-electron chi connectivity index (χ0n) is 21.1. The van der Waals surface area contributed by atoms with Gasteiger partial charge in [-0.3, -0.25) is 4.68 Å². The number of carbonyl (C=O) groups excluding carboxylic acids is 1. The number of amides is 1. The van der Waals surface area contributed by atoms with Crippen molar-refractivity contribution >= 4 is 17.0 Å². The van der Waals surface area contributed by atoms with Crippen molar-refractivity contribution in [3.8, 4) is 22.8 Å². The molecular formula is C27H31N5O3. The number of hydrogen-bond donors (Lipinski definition) is 0. The van der Waals surface area contributed by atoms with E-state index in [1.165, 1.54) is 5.56 Å². The molecule has 1 aliphatic heterocycles. The molecule has 0 aliphatic carbocycles. The monoisotopic (exact) mass is 473 g/mol. The molecule has 0 atom stereocenters. The predicted octanol–water partition coefficient (Wildman–Crippen LogP) is 5.94. The lowest BCUT2D eigenvalue weighted by Gasteiger charge is -2.32. The first-order valence-corrected chi connectivity index (χ1v) is 12.0. The summed E-state index contributed by atoms with van der Waals surface area (Å²) in [7, 11) is 0. The summed E-state index contributed by atoms with van der Waals surface area (Å²) in [5, 5.41) is 9.80. The highest BCUT2D eigenvalue weighted by Crippen LogP contribution is 2.32. The molecular weight excluding hydrogens is 442 g/mol. The number of ether oxygens (including phenoxy) is 1. The predicted molar refractivity (Wildman–Crippen MR) is 134 cm³/mol. The second-order valence-corrected chi connectivity index (χ2v) is 10.4. The van der Waals surface area contributed by atoms with E-state index in [2.05, 4.69) is 37.1 Å². The highest BCUT2D eigenvalue weighted by atomic mass is 16.6. The maximum atomic E-state index is 12.5. The van der Waals surface area contributed by atoms with Gasteiger partial charge in [0.15, 0.2) is 0 Å². The first-order valence-electron chi connectivity index (χ1n) is 12.0. The van der Waals surface area contributed by atoms with Crippen molar-refractivity contribution in [2.75, 3.05) is 6.54 Å². The Balaban J connectivity index is 1.39. The van der Waals surface area contributed by atoms with Crippen LogP contribution in [0.2, 0.25) is 0 Å². The lowest BCUT2D eigenvalue weighted by molar-refractivity contribution is 0.0224. The SMILES string of the molecule is Cc1c(-c2noc(-c3ccc4c(cnn4C(C)C)c3)n2)ccc2c1CCN(C(=O)OC(C)(C)C)C2. The number of benzene rings is 2. The van der Waals surface area contributed by atoms with E-state index >= 15 is 0 Å². The molecule has 8 heteroatoms. The standard InChI is InChI=1S/C27H31N5O3/c1-16(2)32-23-10-8-18(13-20(23)14-28-32)25-29-24(30-35-25)22-9-7-19-15-31(12-11-21(19)17(22)3)26(33)34-27(4,5)6/h7-10,13-14,16H,11-12,15H2,1-6H3. The molecule has 3 heterocycles. The number of aromatic nitrogens is 4. The second-order valence-electron chi connectivity index (χ2n) is 10.4. The van der Waals surface area contributed by atoms with Gasteiger partial charge in [-0.2, -0.15) is 10.1 Å². The van der Waals surface area contributed by atoms with Gasteiger partial charge in [0.2, 0.25) is 5.82 Å². The summed E-state index contributed by atoms with van der Waals surface area (Å²) < 4.78 is 13.2. The van der Waals surface area contributed by atoms with Gasteiger partial charge in [0.1, 0.15) is 5.60 Å². The number of carbonyl (C=O) groups is 1. The fourth-order valence-corrected chi connectivity index (χ4v) is 4.61. The summed E-state index contributed by atoms with van der Waals surface area (Å²) in [6.07, 6.45) is 2.35. The molecule has 0 saturated carbocycles. The van der Waals surface area contributed by atoms with Gasteiger partial charge in [-0.25, -0.2) is 4.79 Å². The maximum absolute atomic E-state index is 12.5. The van der Waals surface area contributed by atoms with Crippen LogP contribution in [0.4, 0.5) is 4.79 Å². The Bertz CT molecular complexity index is 1410. The van der Waals surface area contributed by atoms with E-state index in [1.54, 1.807) is 4.90 Å². The lowest BCUT2D eigenvalue weighted by atomic mass is 9.91. The van der Waals surface area contributed by atoms with Crippen molar-refractivity contribution in [3.63, 3.8) is 0 Å². The molecule has 8 nitrogen and oxygen atoms in total. The molecule has 35 heavy (non-hydrogen) atoms. The molecule has 0 fully saturated rings. The molecule has 1 aliphatic rings. The topological polar surface area (TPSA) is 86.3 Å². The third-order valence-electron chi connectivity index (χ3n) is 6.34. The summed E-state index contributed by atoms with van der Waals surface area (Å²) in [5.41, 5.74) is 5.85.